The van der Waals surface area contributed by atoms with Gasteiger partial charge < -0.3 is 10.2 Å². The van der Waals surface area contributed by atoms with Crippen LogP contribution in [0.1, 0.15) is 23.6 Å². The number of rotatable bonds is 6. The number of thiophene rings is 1. The molecule has 0 bridgehead atoms. The topological polar surface area (TPSA) is 32.3 Å². The Hall–Kier alpha value is -0.870. The van der Waals surface area contributed by atoms with Gasteiger partial charge in [-0.25, -0.2) is 0 Å². The van der Waals surface area contributed by atoms with Crippen molar-refractivity contribution in [3.8, 4) is 0 Å². The van der Waals surface area contributed by atoms with E-state index < -0.39 is 0 Å². The minimum atomic E-state index is 0.179. The van der Waals surface area contributed by atoms with E-state index >= 15 is 0 Å². The smallest absolute Gasteiger partial charge is 0.236 e. The molecule has 0 saturated heterocycles. The highest BCUT2D eigenvalue weighted by atomic mass is 32.1. The van der Waals surface area contributed by atoms with Crippen molar-refractivity contribution in [1.29, 1.82) is 0 Å². The summed E-state index contributed by atoms with van der Waals surface area (Å²) in [5.41, 5.74) is 0. The van der Waals surface area contributed by atoms with Crippen molar-refractivity contribution in [2.45, 2.75) is 27.3 Å². The van der Waals surface area contributed by atoms with Crippen LogP contribution < -0.4 is 5.32 Å². The van der Waals surface area contributed by atoms with Gasteiger partial charge in [0.2, 0.25) is 5.91 Å². The van der Waals surface area contributed by atoms with Crippen LogP contribution in [0.4, 0.5) is 0 Å². The summed E-state index contributed by atoms with van der Waals surface area (Å²) in [6.07, 6.45) is 0. The van der Waals surface area contributed by atoms with E-state index in [-0.39, 0.29) is 5.91 Å². The molecule has 1 aromatic rings. The summed E-state index contributed by atoms with van der Waals surface area (Å²) in [6.45, 7) is 8.89. The summed E-state index contributed by atoms with van der Waals surface area (Å²) < 4.78 is 0. The van der Waals surface area contributed by atoms with Crippen LogP contribution in [-0.2, 0) is 11.3 Å². The lowest BCUT2D eigenvalue weighted by Gasteiger charge is -2.18. The maximum absolute atomic E-state index is 11.7. The van der Waals surface area contributed by atoms with Gasteiger partial charge in [-0.15, -0.1) is 11.3 Å². The number of carbonyl (C=O) groups excluding carboxylic acids is 1. The molecular weight excluding hydrogens is 220 g/mol. The van der Waals surface area contributed by atoms with Gasteiger partial charge >= 0.3 is 0 Å². The van der Waals surface area contributed by atoms with Crippen LogP contribution in [0.3, 0.4) is 0 Å². The molecule has 0 atom stereocenters. The standard InChI is InChI=1S/C12H20N2OS/c1-4-14(5-2)12(15)9-13-8-11-7-6-10(3)16-11/h6-7,13H,4-5,8-9H2,1-3H3. The highest BCUT2D eigenvalue weighted by Gasteiger charge is 2.08. The summed E-state index contributed by atoms with van der Waals surface area (Å²) in [4.78, 5) is 16.1. The largest absolute Gasteiger partial charge is 0.342 e. The molecule has 0 aliphatic heterocycles. The van der Waals surface area contributed by atoms with E-state index in [0.29, 0.717) is 6.54 Å². The number of aryl methyl sites for hydroxylation is 1. The van der Waals surface area contributed by atoms with Crippen LogP contribution in [0.2, 0.25) is 0 Å². The molecule has 1 N–H and O–H groups in total. The van der Waals surface area contributed by atoms with E-state index in [1.54, 1.807) is 11.3 Å². The van der Waals surface area contributed by atoms with E-state index in [1.807, 2.05) is 18.7 Å². The fraction of sp³-hybridized carbons (Fsp3) is 0.583. The summed E-state index contributed by atoms with van der Waals surface area (Å²) in [6, 6.07) is 4.21. The third-order valence-electron chi connectivity index (χ3n) is 2.49. The summed E-state index contributed by atoms with van der Waals surface area (Å²) in [7, 11) is 0. The number of hydrogen-bond donors (Lipinski definition) is 1. The predicted molar refractivity (Wildman–Crippen MR) is 68.7 cm³/mol. The SMILES string of the molecule is CCN(CC)C(=O)CNCc1ccc(C)s1. The molecule has 90 valence electrons. The van der Waals surface area contributed by atoms with Crippen LogP contribution in [0.5, 0.6) is 0 Å². The van der Waals surface area contributed by atoms with E-state index in [0.717, 1.165) is 19.6 Å². The van der Waals surface area contributed by atoms with Crippen LogP contribution in [0.15, 0.2) is 12.1 Å². The first-order chi connectivity index (χ1) is 7.67. The Balaban J connectivity index is 2.27. The Bertz CT molecular complexity index is 332. The van der Waals surface area contributed by atoms with Gasteiger partial charge in [-0.2, -0.15) is 0 Å². The first-order valence-electron chi connectivity index (χ1n) is 5.71. The van der Waals surface area contributed by atoms with Crippen molar-refractivity contribution in [2.75, 3.05) is 19.6 Å². The molecule has 1 heterocycles. The van der Waals surface area contributed by atoms with Gasteiger partial charge in [0.15, 0.2) is 0 Å². The van der Waals surface area contributed by atoms with Gasteiger partial charge in [-0.3, -0.25) is 4.79 Å². The number of nitrogens with one attached hydrogen (secondary N) is 1. The van der Waals surface area contributed by atoms with E-state index in [9.17, 15) is 4.79 Å². The molecule has 0 saturated carbocycles. The molecule has 0 unspecified atom stereocenters. The Morgan fingerprint density at radius 2 is 2.06 bits per heavy atom. The van der Waals surface area contributed by atoms with Crippen LogP contribution in [0.25, 0.3) is 0 Å². The minimum Gasteiger partial charge on any atom is -0.342 e. The third-order valence-corrected chi connectivity index (χ3v) is 3.49. The first kappa shape index (κ1) is 13.2. The van der Waals surface area contributed by atoms with Gasteiger partial charge in [0.25, 0.3) is 0 Å². The molecule has 0 spiro atoms. The van der Waals surface area contributed by atoms with E-state index in [4.69, 9.17) is 0 Å². The second-order valence-electron chi connectivity index (χ2n) is 3.68. The zero-order valence-corrected chi connectivity index (χ0v) is 11.1. The lowest BCUT2D eigenvalue weighted by molar-refractivity contribution is -0.129. The van der Waals surface area contributed by atoms with E-state index in [2.05, 4.69) is 24.4 Å². The summed E-state index contributed by atoms with van der Waals surface area (Å²) in [5, 5.41) is 3.18. The Kier molecular flexibility index (Phi) is 5.49. The molecule has 0 radical (unpaired) electrons. The normalized spacial score (nSPS) is 10.4. The van der Waals surface area contributed by atoms with Gasteiger partial charge in [0.1, 0.15) is 0 Å². The molecule has 0 aliphatic rings. The first-order valence-corrected chi connectivity index (χ1v) is 6.52. The molecule has 0 aliphatic carbocycles. The maximum Gasteiger partial charge on any atom is 0.236 e. The molecule has 1 rings (SSSR count). The third kappa shape index (κ3) is 3.94. The van der Waals surface area contributed by atoms with Crippen molar-refractivity contribution in [3.63, 3.8) is 0 Å². The van der Waals surface area contributed by atoms with Crippen molar-refractivity contribution in [1.82, 2.24) is 10.2 Å². The molecule has 4 heteroatoms. The average molecular weight is 240 g/mol. The van der Waals surface area contributed by atoms with Crippen molar-refractivity contribution < 1.29 is 4.79 Å². The molecule has 3 nitrogen and oxygen atoms in total. The van der Waals surface area contributed by atoms with Gasteiger partial charge in [-0.1, -0.05) is 0 Å². The van der Waals surface area contributed by atoms with E-state index in [1.165, 1.54) is 9.75 Å². The Morgan fingerprint density at radius 3 is 2.56 bits per heavy atom. The Morgan fingerprint density at radius 1 is 1.38 bits per heavy atom. The number of hydrogen-bond acceptors (Lipinski definition) is 3. The van der Waals surface area contributed by atoms with Gasteiger partial charge in [0, 0.05) is 29.4 Å². The van der Waals surface area contributed by atoms with Crippen molar-refractivity contribution in [3.05, 3.63) is 21.9 Å². The molecule has 0 aromatic carbocycles. The number of nitrogens with zero attached hydrogens (tertiary/aromatic N) is 1. The lowest BCUT2D eigenvalue weighted by atomic mass is 10.4. The van der Waals surface area contributed by atoms with Crippen LogP contribution >= 0.6 is 11.3 Å². The zero-order chi connectivity index (χ0) is 12.0. The molecular formula is C12H20N2OS. The van der Waals surface area contributed by atoms with Gasteiger partial charge in [0.05, 0.1) is 6.54 Å². The van der Waals surface area contributed by atoms with Crippen LogP contribution in [-0.4, -0.2) is 30.4 Å². The van der Waals surface area contributed by atoms with Gasteiger partial charge in [-0.05, 0) is 32.9 Å². The highest BCUT2D eigenvalue weighted by Crippen LogP contribution is 2.14. The summed E-state index contributed by atoms with van der Waals surface area (Å²) >= 11 is 1.77. The average Bonchev–Trinajstić information content (AvgIpc) is 2.66. The lowest BCUT2D eigenvalue weighted by Crippen LogP contribution is -2.37. The number of carbonyl (C=O) groups is 1. The second-order valence-corrected chi connectivity index (χ2v) is 5.05. The summed E-state index contributed by atoms with van der Waals surface area (Å²) in [5.74, 6) is 0.179. The zero-order valence-electron chi connectivity index (χ0n) is 10.2. The molecule has 0 fully saturated rings. The fourth-order valence-electron chi connectivity index (χ4n) is 1.56. The number of likely N-dealkylation sites (N-methyl/N-ethyl adjacent to an activating group) is 1. The van der Waals surface area contributed by atoms with Crippen LogP contribution in [0, 0.1) is 6.92 Å². The number of amides is 1. The highest BCUT2D eigenvalue weighted by molar-refractivity contribution is 7.11. The monoisotopic (exact) mass is 240 g/mol. The molecule has 16 heavy (non-hydrogen) atoms. The fourth-order valence-corrected chi connectivity index (χ4v) is 2.42. The molecule has 1 amide bonds. The van der Waals surface area contributed by atoms with Crippen molar-refractivity contribution in [2.24, 2.45) is 0 Å². The molecule has 1 aromatic heterocycles. The quantitative estimate of drug-likeness (QED) is 0.825. The maximum atomic E-state index is 11.7. The Labute approximate surface area is 101 Å². The van der Waals surface area contributed by atoms with Crippen molar-refractivity contribution >= 4 is 17.2 Å². The predicted octanol–water partition coefficient (Wildman–Crippen LogP) is 2.01. The second kappa shape index (κ2) is 6.66. The minimum absolute atomic E-state index is 0.179.